The van der Waals surface area contributed by atoms with E-state index in [0.717, 1.165) is 0 Å². The molecule has 0 aliphatic heterocycles. The lowest BCUT2D eigenvalue weighted by molar-refractivity contribution is 0.0740. The molecule has 1 heterocycles. The Morgan fingerprint density at radius 1 is 1.00 bits per heavy atom. The van der Waals surface area contributed by atoms with E-state index in [9.17, 15) is 13.2 Å². The molecule has 0 spiro atoms. The monoisotopic (exact) mass is 386 g/mol. The van der Waals surface area contributed by atoms with Crippen LogP contribution in [0.25, 0.3) is 0 Å². The zero-order valence-corrected chi connectivity index (χ0v) is 15.0. The summed E-state index contributed by atoms with van der Waals surface area (Å²) >= 11 is 1.30. The van der Waals surface area contributed by atoms with Crippen molar-refractivity contribution in [2.75, 3.05) is 0 Å². The molecule has 0 radical (unpaired) electrons. The minimum Gasteiger partial charge on any atom is -0.422 e. The van der Waals surface area contributed by atoms with Crippen molar-refractivity contribution in [1.29, 1.82) is 0 Å². The Labute approximate surface area is 154 Å². The third-order valence-corrected chi connectivity index (χ3v) is 5.34. The van der Waals surface area contributed by atoms with E-state index in [2.05, 4.69) is 9.93 Å². The quantitative estimate of drug-likeness (QED) is 0.305. The van der Waals surface area contributed by atoms with E-state index in [1.54, 1.807) is 60.0 Å². The zero-order chi connectivity index (χ0) is 18.4. The molecule has 1 aromatic heterocycles. The number of ether oxygens (including phenoxy) is 1. The molecule has 26 heavy (non-hydrogen) atoms. The molecule has 0 aliphatic rings. The zero-order valence-electron chi connectivity index (χ0n) is 13.4. The van der Waals surface area contributed by atoms with Crippen LogP contribution in [-0.4, -0.2) is 20.6 Å². The maximum absolute atomic E-state index is 12.0. The summed E-state index contributed by atoms with van der Waals surface area (Å²) in [7, 11) is -3.70. The van der Waals surface area contributed by atoms with E-state index in [4.69, 9.17) is 4.74 Å². The average molecular weight is 386 g/mol. The molecule has 132 valence electrons. The van der Waals surface area contributed by atoms with Gasteiger partial charge in [0.1, 0.15) is 10.6 Å². The lowest BCUT2D eigenvalue weighted by Crippen LogP contribution is -2.18. The molecule has 8 heteroatoms. The number of nitrogens with zero attached hydrogens (tertiary/aromatic N) is 1. The number of nitrogens with one attached hydrogen (secondary N) is 1. The minimum atomic E-state index is -3.70. The number of carbonyl (C=O) groups excluding carboxylic acids is 1. The second-order valence-corrected chi connectivity index (χ2v) is 7.71. The van der Waals surface area contributed by atoms with Gasteiger partial charge in [0, 0.05) is 0 Å². The minimum absolute atomic E-state index is 0.132. The highest BCUT2D eigenvalue weighted by Gasteiger charge is 2.11. The molecule has 0 unspecified atom stereocenters. The second-order valence-electron chi connectivity index (χ2n) is 5.10. The predicted octanol–water partition coefficient (Wildman–Crippen LogP) is 3.28. The number of hydrazone groups is 1. The Kier molecular flexibility index (Phi) is 5.45. The Morgan fingerprint density at radius 2 is 1.73 bits per heavy atom. The van der Waals surface area contributed by atoms with Gasteiger partial charge in [-0.1, -0.05) is 24.3 Å². The van der Waals surface area contributed by atoms with E-state index in [1.165, 1.54) is 29.7 Å². The van der Waals surface area contributed by atoms with Gasteiger partial charge in [0.15, 0.2) is 0 Å². The van der Waals surface area contributed by atoms with Gasteiger partial charge in [0.25, 0.3) is 10.0 Å². The third-order valence-electron chi connectivity index (χ3n) is 3.25. The van der Waals surface area contributed by atoms with Crippen molar-refractivity contribution < 1.29 is 17.9 Å². The van der Waals surface area contributed by atoms with Crippen molar-refractivity contribution in [3.05, 3.63) is 82.6 Å². The highest BCUT2D eigenvalue weighted by Crippen LogP contribution is 2.16. The number of sulfonamides is 1. The van der Waals surface area contributed by atoms with Gasteiger partial charge in [-0.25, -0.2) is 9.63 Å². The Balaban J connectivity index is 1.60. The van der Waals surface area contributed by atoms with Crippen LogP contribution >= 0.6 is 11.3 Å². The average Bonchev–Trinajstić information content (AvgIpc) is 3.19. The lowest BCUT2D eigenvalue weighted by Gasteiger charge is -2.04. The summed E-state index contributed by atoms with van der Waals surface area (Å²) in [5, 5.41) is 5.55. The van der Waals surface area contributed by atoms with Crippen molar-refractivity contribution in [3.8, 4) is 5.75 Å². The predicted molar refractivity (Wildman–Crippen MR) is 100 cm³/mol. The maximum atomic E-state index is 12.0. The van der Waals surface area contributed by atoms with Crippen LogP contribution in [0.4, 0.5) is 0 Å². The van der Waals surface area contributed by atoms with Crippen molar-refractivity contribution in [3.63, 3.8) is 0 Å². The third kappa shape index (κ3) is 4.56. The van der Waals surface area contributed by atoms with Crippen LogP contribution in [0.15, 0.2) is 82.1 Å². The van der Waals surface area contributed by atoms with Gasteiger partial charge in [0.2, 0.25) is 0 Å². The summed E-state index contributed by atoms with van der Waals surface area (Å²) in [5.74, 6) is -0.0255. The van der Waals surface area contributed by atoms with E-state index >= 15 is 0 Å². The van der Waals surface area contributed by atoms with E-state index in [-0.39, 0.29) is 4.90 Å². The molecule has 0 saturated carbocycles. The highest BCUT2D eigenvalue weighted by molar-refractivity contribution is 7.89. The van der Waals surface area contributed by atoms with Gasteiger partial charge in [-0.15, -0.1) is 11.3 Å². The van der Waals surface area contributed by atoms with Crippen LogP contribution in [0.1, 0.15) is 15.2 Å². The van der Waals surface area contributed by atoms with Crippen molar-refractivity contribution in [2.24, 2.45) is 5.10 Å². The summed E-state index contributed by atoms with van der Waals surface area (Å²) in [4.78, 5) is 14.7. The van der Waals surface area contributed by atoms with Gasteiger partial charge in [-0.05, 0) is 53.4 Å². The molecular formula is C18H14N2O4S2. The fourth-order valence-corrected chi connectivity index (χ4v) is 3.41. The Morgan fingerprint density at radius 3 is 2.38 bits per heavy atom. The lowest BCUT2D eigenvalue weighted by atomic mass is 10.2. The van der Waals surface area contributed by atoms with Crippen LogP contribution in [0.2, 0.25) is 0 Å². The van der Waals surface area contributed by atoms with Crippen molar-refractivity contribution >= 4 is 33.5 Å². The molecule has 3 rings (SSSR count). The number of hydrogen-bond donors (Lipinski definition) is 1. The topological polar surface area (TPSA) is 84.8 Å². The summed E-state index contributed by atoms with van der Waals surface area (Å²) in [6.07, 6.45) is 1.37. The van der Waals surface area contributed by atoms with Crippen molar-refractivity contribution in [2.45, 2.75) is 4.90 Å². The Bertz CT molecular complexity index is 997. The van der Waals surface area contributed by atoms with Crippen LogP contribution in [0, 0.1) is 0 Å². The smallest absolute Gasteiger partial charge is 0.353 e. The van der Waals surface area contributed by atoms with Gasteiger partial charge in [0.05, 0.1) is 11.1 Å². The van der Waals surface area contributed by atoms with Gasteiger partial charge in [-0.2, -0.15) is 13.5 Å². The summed E-state index contributed by atoms with van der Waals surface area (Å²) < 4.78 is 29.3. The maximum Gasteiger partial charge on any atom is 0.353 e. The van der Waals surface area contributed by atoms with Crippen LogP contribution in [0.5, 0.6) is 5.75 Å². The molecule has 2 aromatic carbocycles. The molecule has 0 atom stereocenters. The van der Waals surface area contributed by atoms with Crippen LogP contribution in [-0.2, 0) is 10.0 Å². The molecule has 0 fully saturated rings. The van der Waals surface area contributed by atoms with Gasteiger partial charge < -0.3 is 4.74 Å². The standard InChI is InChI=1S/C18H14N2O4S2/c21-18(17-7-4-12-25-17)24-15-10-8-14(9-11-15)13-19-20-26(22,23)16-5-2-1-3-6-16/h1-13,20H/b19-13+. The number of benzene rings is 2. The van der Waals surface area contributed by atoms with E-state index in [1.807, 2.05) is 0 Å². The molecular weight excluding hydrogens is 372 g/mol. The molecule has 0 bridgehead atoms. The molecule has 0 saturated heterocycles. The first-order valence-corrected chi connectivity index (χ1v) is 9.86. The summed E-state index contributed by atoms with van der Waals surface area (Å²) in [6.45, 7) is 0. The molecule has 1 N–H and O–H groups in total. The summed E-state index contributed by atoms with van der Waals surface area (Å²) in [6, 6.07) is 18.0. The fraction of sp³-hybridized carbons (Fsp3) is 0. The molecule has 0 amide bonds. The van der Waals surface area contributed by atoms with Crippen LogP contribution in [0.3, 0.4) is 0 Å². The molecule has 6 nitrogen and oxygen atoms in total. The Hall–Kier alpha value is -2.97. The second kappa shape index (κ2) is 7.94. The van der Waals surface area contributed by atoms with Crippen LogP contribution < -0.4 is 9.57 Å². The SMILES string of the molecule is O=C(Oc1ccc(/C=N/NS(=O)(=O)c2ccccc2)cc1)c1cccs1. The van der Waals surface area contributed by atoms with Gasteiger partial charge in [-0.3, -0.25) is 0 Å². The number of thiophene rings is 1. The van der Waals surface area contributed by atoms with Gasteiger partial charge >= 0.3 is 5.97 Å². The number of hydrogen-bond acceptors (Lipinski definition) is 6. The summed E-state index contributed by atoms with van der Waals surface area (Å²) in [5.41, 5.74) is 0.650. The first kappa shape index (κ1) is 17.8. The molecule has 0 aliphatic carbocycles. The number of carbonyl (C=O) groups is 1. The number of esters is 1. The van der Waals surface area contributed by atoms with E-state index in [0.29, 0.717) is 16.2 Å². The fourth-order valence-electron chi connectivity index (χ4n) is 2.00. The molecule has 3 aromatic rings. The number of rotatable bonds is 6. The largest absolute Gasteiger partial charge is 0.422 e. The van der Waals surface area contributed by atoms with Crippen molar-refractivity contribution in [1.82, 2.24) is 4.83 Å². The normalized spacial score (nSPS) is 11.4. The first-order valence-electron chi connectivity index (χ1n) is 7.50. The van der Waals surface area contributed by atoms with E-state index < -0.39 is 16.0 Å². The first-order chi connectivity index (χ1) is 12.5. The highest BCUT2D eigenvalue weighted by atomic mass is 32.2.